The van der Waals surface area contributed by atoms with Crippen LogP contribution < -0.4 is 14.4 Å². The van der Waals surface area contributed by atoms with Gasteiger partial charge in [0.25, 0.3) is 11.6 Å². The quantitative estimate of drug-likeness (QED) is 0.401. The van der Waals surface area contributed by atoms with E-state index in [1.165, 1.54) is 18.2 Å². The van der Waals surface area contributed by atoms with Crippen LogP contribution in [0.15, 0.2) is 72.8 Å². The van der Waals surface area contributed by atoms with Crippen molar-refractivity contribution in [3.8, 4) is 17.2 Å². The van der Waals surface area contributed by atoms with E-state index in [0.29, 0.717) is 31.1 Å². The first-order chi connectivity index (χ1) is 16.0. The molecule has 3 aromatic carbocycles. The number of carbonyl (C=O) groups is 1. The van der Waals surface area contributed by atoms with E-state index in [0.717, 1.165) is 24.4 Å². The maximum atomic E-state index is 13.5. The van der Waals surface area contributed by atoms with Gasteiger partial charge in [-0.1, -0.05) is 18.2 Å². The number of carbonyl (C=O) groups excluding carboxylic acids is 1. The van der Waals surface area contributed by atoms with Crippen molar-refractivity contribution in [2.24, 2.45) is 0 Å². The lowest BCUT2D eigenvalue weighted by Crippen LogP contribution is -2.35. The maximum absolute atomic E-state index is 13.5. The zero-order valence-corrected chi connectivity index (χ0v) is 18.3. The summed E-state index contributed by atoms with van der Waals surface area (Å²) in [6.07, 6.45) is 0.779. The summed E-state index contributed by atoms with van der Waals surface area (Å²) in [5, 5.41) is 11.3. The third-order valence-corrected chi connectivity index (χ3v) is 5.60. The second-order valence-electron chi connectivity index (χ2n) is 7.68. The molecule has 0 aromatic heterocycles. The number of nitro benzene ring substituents is 1. The standard InChI is InChI=1S/C25H25N3O5/c1-32-21-11-8-19(9-12-21)26-14-5-15-27(17-16-26)25(29)23-18-20(28(30)31)10-13-24(23)33-22-6-3-2-4-7-22/h2-4,6-13,18H,5,14-17H2,1H3. The minimum Gasteiger partial charge on any atom is -0.497 e. The highest BCUT2D eigenvalue weighted by Gasteiger charge is 2.25. The van der Waals surface area contributed by atoms with Crippen LogP contribution in [0.2, 0.25) is 0 Å². The highest BCUT2D eigenvalue weighted by molar-refractivity contribution is 5.97. The number of ether oxygens (including phenoxy) is 2. The van der Waals surface area contributed by atoms with E-state index < -0.39 is 4.92 Å². The largest absolute Gasteiger partial charge is 0.497 e. The van der Waals surface area contributed by atoms with Gasteiger partial charge in [0.2, 0.25) is 0 Å². The lowest BCUT2D eigenvalue weighted by atomic mass is 10.1. The van der Waals surface area contributed by atoms with Gasteiger partial charge in [0.05, 0.1) is 17.6 Å². The van der Waals surface area contributed by atoms with E-state index in [2.05, 4.69) is 4.90 Å². The zero-order valence-electron chi connectivity index (χ0n) is 18.3. The smallest absolute Gasteiger partial charge is 0.270 e. The first-order valence-electron chi connectivity index (χ1n) is 10.7. The molecule has 8 nitrogen and oxygen atoms in total. The summed E-state index contributed by atoms with van der Waals surface area (Å²) in [6, 6.07) is 21.0. The van der Waals surface area contributed by atoms with Crippen LogP contribution in [-0.4, -0.2) is 49.0 Å². The van der Waals surface area contributed by atoms with Crippen molar-refractivity contribution in [1.82, 2.24) is 4.90 Å². The molecule has 170 valence electrons. The molecule has 0 spiro atoms. The first-order valence-corrected chi connectivity index (χ1v) is 10.7. The van der Waals surface area contributed by atoms with Crippen molar-refractivity contribution in [1.29, 1.82) is 0 Å². The fourth-order valence-electron chi connectivity index (χ4n) is 3.85. The van der Waals surface area contributed by atoms with Crippen molar-refractivity contribution in [3.63, 3.8) is 0 Å². The molecule has 0 saturated carbocycles. The number of non-ortho nitro benzene ring substituents is 1. The van der Waals surface area contributed by atoms with Crippen molar-refractivity contribution in [2.75, 3.05) is 38.2 Å². The molecule has 8 heteroatoms. The lowest BCUT2D eigenvalue weighted by molar-refractivity contribution is -0.384. The van der Waals surface area contributed by atoms with Gasteiger partial charge in [-0.2, -0.15) is 0 Å². The molecular weight excluding hydrogens is 422 g/mol. The number of benzene rings is 3. The Bertz CT molecular complexity index is 1120. The monoisotopic (exact) mass is 447 g/mol. The average molecular weight is 447 g/mol. The molecule has 0 aliphatic carbocycles. The Morgan fingerprint density at radius 1 is 0.909 bits per heavy atom. The van der Waals surface area contributed by atoms with E-state index in [9.17, 15) is 14.9 Å². The Balaban J connectivity index is 1.54. The minimum absolute atomic E-state index is 0.145. The molecule has 0 atom stereocenters. The first kappa shape index (κ1) is 22.1. The van der Waals surface area contributed by atoms with Crippen molar-refractivity contribution in [3.05, 3.63) is 88.5 Å². The minimum atomic E-state index is -0.503. The van der Waals surface area contributed by atoms with Gasteiger partial charge >= 0.3 is 0 Å². The SMILES string of the molecule is COc1ccc(N2CCCN(C(=O)c3cc([N+](=O)[O-])ccc3Oc3ccccc3)CC2)cc1. The predicted octanol–water partition coefficient (Wildman–Crippen LogP) is 4.75. The molecule has 1 amide bonds. The molecule has 1 saturated heterocycles. The molecule has 0 unspecified atom stereocenters. The summed E-state index contributed by atoms with van der Waals surface area (Å²) in [7, 11) is 1.63. The van der Waals surface area contributed by atoms with Gasteiger partial charge in [0.1, 0.15) is 17.2 Å². The van der Waals surface area contributed by atoms with Crippen LogP contribution in [0.25, 0.3) is 0 Å². The summed E-state index contributed by atoms with van der Waals surface area (Å²) in [6.45, 7) is 2.51. The van der Waals surface area contributed by atoms with Crippen molar-refractivity contribution in [2.45, 2.75) is 6.42 Å². The summed E-state index contributed by atoms with van der Waals surface area (Å²) in [4.78, 5) is 28.3. The van der Waals surface area contributed by atoms with Crippen LogP contribution in [0.5, 0.6) is 17.2 Å². The fraction of sp³-hybridized carbons (Fsp3) is 0.240. The molecule has 3 aromatic rings. The Hall–Kier alpha value is -4.07. The predicted molar refractivity (Wildman–Crippen MR) is 125 cm³/mol. The molecule has 1 fully saturated rings. The molecule has 1 heterocycles. The van der Waals surface area contributed by atoms with Crippen LogP contribution in [-0.2, 0) is 0 Å². The summed E-state index contributed by atoms with van der Waals surface area (Å²) >= 11 is 0. The van der Waals surface area contributed by atoms with Crippen LogP contribution >= 0.6 is 0 Å². The molecule has 1 aliphatic heterocycles. The second kappa shape index (κ2) is 10.0. The van der Waals surface area contributed by atoms with E-state index in [-0.39, 0.29) is 17.2 Å². The molecule has 0 N–H and O–H groups in total. The topological polar surface area (TPSA) is 85.2 Å². The normalized spacial score (nSPS) is 13.8. The molecule has 4 rings (SSSR count). The van der Waals surface area contributed by atoms with Gasteiger partial charge in [-0.15, -0.1) is 0 Å². The molecular formula is C25H25N3O5. The summed E-state index contributed by atoms with van der Waals surface area (Å²) in [5.74, 6) is 1.37. The summed E-state index contributed by atoms with van der Waals surface area (Å²) in [5.41, 5.74) is 1.10. The van der Waals surface area contributed by atoms with Crippen molar-refractivity contribution < 1.29 is 19.2 Å². The number of amides is 1. The zero-order chi connectivity index (χ0) is 23.2. The number of methoxy groups -OCH3 is 1. The van der Waals surface area contributed by atoms with E-state index in [1.54, 1.807) is 24.1 Å². The van der Waals surface area contributed by atoms with E-state index >= 15 is 0 Å². The van der Waals surface area contributed by atoms with Crippen LogP contribution in [0, 0.1) is 10.1 Å². The Kier molecular flexibility index (Phi) is 6.73. The number of para-hydroxylation sites is 1. The van der Waals surface area contributed by atoms with Crippen molar-refractivity contribution >= 4 is 17.3 Å². The Morgan fingerprint density at radius 2 is 1.67 bits per heavy atom. The van der Waals surface area contributed by atoms with Crippen LogP contribution in [0.4, 0.5) is 11.4 Å². The van der Waals surface area contributed by atoms with Gasteiger partial charge in [-0.05, 0) is 48.9 Å². The maximum Gasteiger partial charge on any atom is 0.270 e. The van der Waals surface area contributed by atoms with Gasteiger partial charge in [-0.25, -0.2) is 0 Å². The average Bonchev–Trinajstić information content (AvgIpc) is 3.11. The number of hydrogen-bond donors (Lipinski definition) is 0. The number of nitrogens with zero attached hydrogens (tertiary/aromatic N) is 3. The molecule has 0 radical (unpaired) electrons. The number of nitro groups is 1. The molecule has 1 aliphatic rings. The summed E-state index contributed by atoms with van der Waals surface area (Å²) < 4.78 is 11.1. The third kappa shape index (κ3) is 5.23. The fourth-order valence-corrected chi connectivity index (χ4v) is 3.85. The highest BCUT2D eigenvalue weighted by atomic mass is 16.6. The van der Waals surface area contributed by atoms with Crippen LogP contribution in [0.3, 0.4) is 0 Å². The lowest BCUT2D eigenvalue weighted by Gasteiger charge is -2.24. The van der Waals surface area contributed by atoms with E-state index in [1.807, 2.05) is 42.5 Å². The Labute approximate surface area is 192 Å². The molecule has 0 bridgehead atoms. The highest BCUT2D eigenvalue weighted by Crippen LogP contribution is 2.30. The van der Waals surface area contributed by atoms with Crippen LogP contribution in [0.1, 0.15) is 16.8 Å². The van der Waals surface area contributed by atoms with Gasteiger partial charge in [-0.3, -0.25) is 14.9 Å². The number of anilines is 1. The molecule has 33 heavy (non-hydrogen) atoms. The Morgan fingerprint density at radius 3 is 2.36 bits per heavy atom. The number of rotatable bonds is 6. The third-order valence-electron chi connectivity index (χ3n) is 5.60. The van der Waals surface area contributed by atoms with Gasteiger partial charge < -0.3 is 19.3 Å². The van der Waals surface area contributed by atoms with Gasteiger partial charge in [0, 0.05) is 44.0 Å². The number of hydrogen-bond acceptors (Lipinski definition) is 6. The van der Waals surface area contributed by atoms with E-state index in [4.69, 9.17) is 9.47 Å². The van der Waals surface area contributed by atoms with Gasteiger partial charge in [0.15, 0.2) is 0 Å². The second-order valence-corrected chi connectivity index (χ2v) is 7.68.